The fourth-order valence-electron chi connectivity index (χ4n) is 2.88. The van der Waals surface area contributed by atoms with E-state index in [4.69, 9.17) is 10.5 Å². The highest BCUT2D eigenvalue weighted by atomic mass is 16.5. The molecular weight excluding hydrogens is 214 g/mol. The molecule has 1 aromatic heterocycles. The van der Waals surface area contributed by atoms with Crippen LogP contribution < -0.4 is 10.6 Å². The number of aryl methyl sites for hydroxylation is 1. The van der Waals surface area contributed by atoms with Gasteiger partial charge in [0.05, 0.1) is 5.69 Å². The first-order valence-corrected chi connectivity index (χ1v) is 6.23. The van der Waals surface area contributed by atoms with E-state index < -0.39 is 0 Å². The first-order chi connectivity index (χ1) is 8.19. The van der Waals surface area contributed by atoms with E-state index in [2.05, 4.69) is 9.88 Å². The van der Waals surface area contributed by atoms with E-state index in [0.29, 0.717) is 5.41 Å². The van der Waals surface area contributed by atoms with Gasteiger partial charge in [0.15, 0.2) is 5.82 Å². The highest BCUT2D eigenvalue weighted by Gasteiger charge is 2.44. The van der Waals surface area contributed by atoms with Crippen LogP contribution >= 0.6 is 0 Å². The van der Waals surface area contributed by atoms with E-state index in [1.165, 1.54) is 12.8 Å². The molecule has 0 bridgehead atoms. The SMILES string of the molecule is Cc1cnc(N2CC3(CCOCC3)C2)c(N)c1. The summed E-state index contributed by atoms with van der Waals surface area (Å²) in [6.45, 7) is 5.99. The van der Waals surface area contributed by atoms with Crippen LogP contribution in [0.5, 0.6) is 0 Å². The van der Waals surface area contributed by atoms with Crippen molar-refractivity contribution in [1.82, 2.24) is 4.98 Å². The Kier molecular flexibility index (Phi) is 2.47. The zero-order chi connectivity index (χ0) is 11.9. The molecule has 3 heterocycles. The van der Waals surface area contributed by atoms with Gasteiger partial charge in [0.25, 0.3) is 0 Å². The number of anilines is 2. The fourth-order valence-corrected chi connectivity index (χ4v) is 2.88. The Bertz CT molecular complexity index is 419. The van der Waals surface area contributed by atoms with E-state index in [0.717, 1.165) is 43.4 Å². The van der Waals surface area contributed by atoms with Crippen LogP contribution in [-0.2, 0) is 4.74 Å². The number of hydrogen-bond acceptors (Lipinski definition) is 4. The lowest BCUT2D eigenvalue weighted by molar-refractivity contribution is -0.000400. The Morgan fingerprint density at radius 2 is 2.06 bits per heavy atom. The Hall–Kier alpha value is -1.29. The van der Waals surface area contributed by atoms with E-state index in [1.54, 1.807) is 0 Å². The average Bonchev–Trinajstić information content (AvgIpc) is 2.27. The number of nitrogens with two attached hydrogens (primary N) is 1. The number of ether oxygens (including phenoxy) is 1. The van der Waals surface area contributed by atoms with Crippen molar-refractivity contribution in [2.24, 2.45) is 5.41 Å². The Labute approximate surface area is 102 Å². The summed E-state index contributed by atoms with van der Waals surface area (Å²) in [5, 5.41) is 0. The van der Waals surface area contributed by atoms with Crippen LogP contribution in [0.3, 0.4) is 0 Å². The van der Waals surface area contributed by atoms with Crippen molar-refractivity contribution < 1.29 is 4.74 Å². The molecule has 2 saturated heterocycles. The van der Waals surface area contributed by atoms with Crippen molar-refractivity contribution in [2.75, 3.05) is 36.9 Å². The maximum atomic E-state index is 6.02. The summed E-state index contributed by atoms with van der Waals surface area (Å²) in [5.41, 5.74) is 8.41. The summed E-state index contributed by atoms with van der Waals surface area (Å²) in [6, 6.07) is 2.00. The normalized spacial score (nSPS) is 22.5. The molecule has 0 aliphatic carbocycles. The van der Waals surface area contributed by atoms with Gasteiger partial charge in [-0.05, 0) is 31.4 Å². The van der Waals surface area contributed by atoms with Gasteiger partial charge in [-0.3, -0.25) is 0 Å². The molecule has 1 aromatic rings. The second-order valence-electron chi connectivity index (χ2n) is 5.39. The van der Waals surface area contributed by atoms with Crippen LogP contribution in [0, 0.1) is 12.3 Å². The summed E-state index contributed by atoms with van der Waals surface area (Å²) in [4.78, 5) is 6.74. The van der Waals surface area contributed by atoms with Crippen LogP contribution in [0.4, 0.5) is 11.5 Å². The number of rotatable bonds is 1. The Balaban J connectivity index is 1.72. The molecule has 1 spiro atoms. The molecule has 3 rings (SSSR count). The summed E-state index contributed by atoms with van der Waals surface area (Å²) < 4.78 is 5.42. The predicted octanol–water partition coefficient (Wildman–Crippen LogP) is 1.59. The van der Waals surface area contributed by atoms with Gasteiger partial charge in [-0.1, -0.05) is 0 Å². The number of pyridine rings is 1. The van der Waals surface area contributed by atoms with Crippen LogP contribution in [0.2, 0.25) is 0 Å². The average molecular weight is 233 g/mol. The van der Waals surface area contributed by atoms with Gasteiger partial charge in [0.2, 0.25) is 0 Å². The summed E-state index contributed by atoms with van der Waals surface area (Å²) in [6.07, 6.45) is 4.24. The zero-order valence-corrected chi connectivity index (χ0v) is 10.3. The lowest BCUT2D eigenvalue weighted by Gasteiger charge is -2.52. The van der Waals surface area contributed by atoms with E-state index in [-0.39, 0.29) is 0 Å². The molecule has 2 N–H and O–H groups in total. The maximum Gasteiger partial charge on any atom is 0.151 e. The van der Waals surface area contributed by atoms with Gasteiger partial charge in [-0.15, -0.1) is 0 Å². The van der Waals surface area contributed by atoms with Crippen molar-refractivity contribution in [3.8, 4) is 0 Å². The fraction of sp³-hybridized carbons (Fsp3) is 0.615. The molecule has 0 radical (unpaired) electrons. The summed E-state index contributed by atoms with van der Waals surface area (Å²) in [5.74, 6) is 0.952. The van der Waals surface area contributed by atoms with E-state index in [1.807, 2.05) is 19.2 Å². The van der Waals surface area contributed by atoms with E-state index in [9.17, 15) is 0 Å². The molecule has 2 fully saturated rings. The predicted molar refractivity (Wildman–Crippen MR) is 68.1 cm³/mol. The number of aromatic nitrogens is 1. The smallest absolute Gasteiger partial charge is 0.151 e. The van der Waals surface area contributed by atoms with Crippen molar-refractivity contribution in [3.63, 3.8) is 0 Å². The van der Waals surface area contributed by atoms with Crippen LogP contribution in [-0.4, -0.2) is 31.3 Å². The quantitative estimate of drug-likeness (QED) is 0.800. The van der Waals surface area contributed by atoms with Crippen molar-refractivity contribution >= 4 is 11.5 Å². The molecule has 2 aliphatic rings. The van der Waals surface area contributed by atoms with Gasteiger partial charge in [-0.2, -0.15) is 0 Å². The van der Waals surface area contributed by atoms with E-state index >= 15 is 0 Å². The second-order valence-corrected chi connectivity index (χ2v) is 5.39. The van der Waals surface area contributed by atoms with Crippen molar-refractivity contribution in [3.05, 3.63) is 17.8 Å². The third kappa shape index (κ3) is 1.86. The molecule has 0 aromatic carbocycles. The molecule has 2 aliphatic heterocycles. The van der Waals surface area contributed by atoms with Gasteiger partial charge in [0.1, 0.15) is 0 Å². The Morgan fingerprint density at radius 3 is 2.71 bits per heavy atom. The number of hydrogen-bond donors (Lipinski definition) is 1. The largest absolute Gasteiger partial charge is 0.396 e. The minimum atomic E-state index is 0.470. The lowest BCUT2D eigenvalue weighted by Crippen LogP contribution is -2.59. The zero-order valence-electron chi connectivity index (χ0n) is 10.3. The minimum Gasteiger partial charge on any atom is -0.396 e. The molecule has 17 heavy (non-hydrogen) atoms. The van der Waals surface area contributed by atoms with Crippen LogP contribution in [0.25, 0.3) is 0 Å². The van der Waals surface area contributed by atoms with Gasteiger partial charge in [-0.25, -0.2) is 4.98 Å². The molecule has 0 amide bonds. The lowest BCUT2D eigenvalue weighted by atomic mass is 9.73. The molecule has 0 unspecified atom stereocenters. The third-order valence-corrected chi connectivity index (χ3v) is 3.94. The number of nitrogens with zero attached hydrogens (tertiary/aromatic N) is 2. The minimum absolute atomic E-state index is 0.470. The summed E-state index contributed by atoms with van der Waals surface area (Å²) >= 11 is 0. The molecule has 92 valence electrons. The molecule has 4 nitrogen and oxygen atoms in total. The molecule has 0 saturated carbocycles. The van der Waals surface area contributed by atoms with Gasteiger partial charge in [0, 0.05) is 37.9 Å². The van der Waals surface area contributed by atoms with Crippen molar-refractivity contribution in [1.29, 1.82) is 0 Å². The Morgan fingerprint density at radius 1 is 1.35 bits per heavy atom. The second kappa shape index (κ2) is 3.88. The van der Waals surface area contributed by atoms with Crippen LogP contribution in [0.15, 0.2) is 12.3 Å². The topological polar surface area (TPSA) is 51.4 Å². The molecular formula is C13H19N3O. The molecule has 4 heteroatoms. The van der Waals surface area contributed by atoms with Gasteiger partial charge < -0.3 is 15.4 Å². The monoisotopic (exact) mass is 233 g/mol. The maximum absolute atomic E-state index is 6.02. The highest BCUT2D eigenvalue weighted by Crippen LogP contribution is 2.42. The summed E-state index contributed by atoms with van der Waals surface area (Å²) in [7, 11) is 0. The first kappa shape index (κ1) is 10.8. The third-order valence-electron chi connectivity index (χ3n) is 3.94. The first-order valence-electron chi connectivity index (χ1n) is 6.23. The van der Waals surface area contributed by atoms with Crippen LogP contribution in [0.1, 0.15) is 18.4 Å². The van der Waals surface area contributed by atoms with Gasteiger partial charge >= 0.3 is 0 Å². The highest BCUT2D eigenvalue weighted by molar-refractivity contribution is 5.64. The standard InChI is InChI=1S/C13H19N3O/c1-10-6-11(14)12(15-7-10)16-8-13(9-16)2-4-17-5-3-13/h6-7H,2-5,8-9,14H2,1H3. The molecule has 0 atom stereocenters. The van der Waals surface area contributed by atoms with Crippen molar-refractivity contribution in [2.45, 2.75) is 19.8 Å². The number of nitrogen functional groups attached to an aromatic ring is 1.